The molecule has 1 fully saturated rings. The van der Waals surface area contributed by atoms with E-state index in [9.17, 15) is 9.18 Å². The highest BCUT2D eigenvalue weighted by Crippen LogP contribution is 2.21. The standard InChI is InChI=1S/C25H25FN6O2/c26-19-6-4-18(5-7-19)21-8-9-22-24(30-21)32(17-20-3-1-2-10-27-20)25(33)23(29-22)28-11-12-31-13-15-34-16-14-31/h1-10H,11-17H2,(H,28,29). The smallest absolute Gasteiger partial charge is 0.295 e. The molecule has 8 nitrogen and oxygen atoms in total. The quantitative estimate of drug-likeness (QED) is 0.454. The van der Waals surface area contributed by atoms with Crippen molar-refractivity contribution in [1.29, 1.82) is 0 Å². The Kier molecular flexibility index (Phi) is 6.55. The number of pyridine rings is 2. The SMILES string of the molecule is O=c1c(NCCN2CCOCC2)nc2ccc(-c3ccc(F)cc3)nc2n1Cc1ccccn1. The maximum atomic E-state index is 13.4. The lowest BCUT2D eigenvalue weighted by atomic mass is 10.1. The van der Waals surface area contributed by atoms with Crippen LogP contribution in [0.5, 0.6) is 0 Å². The Hall–Kier alpha value is -3.69. The molecule has 1 aliphatic heterocycles. The number of fused-ring (bicyclic) bond motifs is 1. The van der Waals surface area contributed by atoms with Crippen LogP contribution < -0.4 is 10.9 Å². The van der Waals surface area contributed by atoms with Crippen LogP contribution in [-0.2, 0) is 11.3 Å². The van der Waals surface area contributed by atoms with Gasteiger partial charge in [-0.15, -0.1) is 0 Å². The van der Waals surface area contributed by atoms with E-state index in [1.807, 2.05) is 30.3 Å². The number of aromatic nitrogens is 4. The van der Waals surface area contributed by atoms with Crippen LogP contribution >= 0.6 is 0 Å². The molecular formula is C25H25FN6O2. The summed E-state index contributed by atoms with van der Waals surface area (Å²) >= 11 is 0. The van der Waals surface area contributed by atoms with E-state index in [4.69, 9.17) is 9.72 Å². The molecule has 0 amide bonds. The van der Waals surface area contributed by atoms with E-state index in [0.29, 0.717) is 23.4 Å². The van der Waals surface area contributed by atoms with Gasteiger partial charge < -0.3 is 10.1 Å². The molecule has 1 saturated heterocycles. The van der Waals surface area contributed by atoms with Crippen molar-refractivity contribution in [2.45, 2.75) is 6.54 Å². The molecule has 1 N–H and O–H groups in total. The fourth-order valence-corrected chi connectivity index (χ4v) is 3.97. The van der Waals surface area contributed by atoms with Crippen molar-refractivity contribution in [2.75, 3.05) is 44.7 Å². The molecule has 0 radical (unpaired) electrons. The van der Waals surface area contributed by atoms with Gasteiger partial charge in [-0.2, -0.15) is 0 Å². The van der Waals surface area contributed by atoms with Gasteiger partial charge in [0.15, 0.2) is 11.5 Å². The minimum atomic E-state index is -0.314. The number of nitrogens with one attached hydrogen (secondary N) is 1. The Bertz CT molecular complexity index is 1320. The molecule has 0 unspecified atom stereocenters. The van der Waals surface area contributed by atoms with Crippen LogP contribution in [0.4, 0.5) is 10.2 Å². The minimum absolute atomic E-state index is 0.260. The van der Waals surface area contributed by atoms with E-state index in [2.05, 4.69) is 20.2 Å². The second-order valence-electron chi connectivity index (χ2n) is 8.10. The third kappa shape index (κ3) is 4.95. The molecule has 0 spiro atoms. The van der Waals surface area contributed by atoms with Crippen molar-refractivity contribution in [3.63, 3.8) is 0 Å². The first-order valence-electron chi connectivity index (χ1n) is 11.3. The summed E-state index contributed by atoms with van der Waals surface area (Å²) in [7, 11) is 0. The van der Waals surface area contributed by atoms with Crippen molar-refractivity contribution in [3.05, 3.63) is 82.7 Å². The van der Waals surface area contributed by atoms with Gasteiger partial charge in [-0.1, -0.05) is 6.07 Å². The Balaban J connectivity index is 1.50. The number of rotatable bonds is 7. The molecule has 1 aliphatic rings. The number of anilines is 1. The lowest BCUT2D eigenvalue weighted by Crippen LogP contribution is -2.39. The van der Waals surface area contributed by atoms with Gasteiger partial charge in [-0.25, -0.2) is 14.4 Å². The molecule has 4 aromatic rings. The number of hydrogen-bond acceptors (Lipinski definition) is 7. The van der Waals surface area contributed by atoms with Crippen LogP contribution in [0.15, 0.2) is 65.6 Å². The molecule has 9 heteroatoms. The zero-order valence-electron chi connectivity index (χ0n) is 18.7. The van der Waals surface area contributed by atoms with E-state index in [1.54, 1.807) is 22.9 Å². The van der Waals surface area contributed by atoms with Gasteiger partial charge in [-0.3, -0.25) is 19.2 Å². The van der Waals surface area contributed by atoms with Crippen molar-refractivity contribution in [2.24, 2.45) is 0 Å². The number of halogens is 1. The van der Waals surface area contributed by atoms with Crippen molar-refractivity contribution < 1.29 is 9.13 Å². The van der Waals surface area contributed by atoms with Crippen LogP contribution in [0.25, 0.3) is 22.4 Å². The maximum Gasteiger partial charge on any atom is 0.295 e. The van der Waals surface area contributed by atoms with Gasteiger partial charge in [0, 0.05) is 37.9 Å². The summed E-state index contributed by atoms with van der Waals surface area (Å²) < 4.78 is 20.4. The van der Waals surface area contributed by atoms with Crippen molar-refractivity contribution in [1.82, 2.24) is 24.4 Å². The summed E-state index contributed by atoms with van der Waals surface area (Å²) in [5.41, 5.74) is 2.92. The minimum Gasteiger partial charge on any atom is -0.379 e. The molecule has 1 aromatic carbocycles. The third-order valence-electron chi connectivity index (χ3n) is 5.80. The average molecular weight is 461 g/mol. The molecule has 0 aliphatic carbocycles. The molecule has 5 rings (SSSR count). The number of benzene rings is 1. The summed E-state index contributed by atoms with van der Waals surface area (Å²) in [4.78, 5) is 29.4. The normalized spacial score (nSPS) is 14.4. The lowest BCUT2D eigenvalue weighted by molar-refractivity contribution is 0.0398. The Morgan fingerprint density at radius 1 is 1.00 bits per heavy atom. The largest absolute Gasteiger partial charge is 0.379 e. The second kappa shape index (κ2) is 10.1. The van der Waals surface area contributed by atoms with Crippen molar-refractivity contribution in [3.8, 4) is 11.3 Å². The van der Waals surface area contributed by atoms with Gasteiger partial charge in [0.25, 0.3) is 5.56 Å². The Labute approximate surface area is 196 Å². The van der Waals surface area contributed by atoms with Crippen LogP contribution in [-0.4, -0.2) is 63.8 Å². The van der Waals surface area contributed by atoms with E-state index in [1.165, 1.54) is 12.1 Å². The first-order valence-corrected chi connectivity index (χ1v) is 11.3. The molecule has 4 heterocycles. The average Bonchev–Trinajstić information content (AvgIpc) is 2.88. The van der Waals surface area contributed by atoms with Gasteiger partial charge in [0.05, 0.1) is 31.1 Å². The molecule has 174 valence electrons. The summed E-state index contributed by atoms with van der Waals surface area (Å²) in [6.45, 7) is 4.87. The Morgan fingerprint density at radius 2 is 1.82 bits per heavy atom. The van der Waals surface area contributed by atoms with Crippen LogP contribution in [0, 0.1) is 5.82 Å². The van der Waals surface area contributed by atoms with Gasteiger partial charge in [0.2, 0.25) is 0 Å². The molecule has 3 aromatic heterocycles. The Morgan fingerprint density at radius 3 is 2.59 bits per heavy atom. The first kappa shape index (κ1) is 22.1. The van der Waals surface area contributed by atoms with Gasteiger partial charge in [0.1, 0.15) is 11.3 Å². The van der Waals surface area contributed by atoms with E-state index >= 15 is 0 Å². The second-order valence-corrected chi connectivity index (χ2v) is 8.10. The lowest BCUT2D eigenvalue weighted by Gasteiger charge is -2.26. The predicted molar refractivity (Wildman–Crippen MR) is 128 cm³/mol. The van der Waals surface area contributed by atoms with Crippen molar-refractivity contribution >= 4 is 17.0 Å². The molecule has 0 saturated carbocycles. The number of morpholine rings is 1. The van der Waals surface area contributed by atoms with E-state index < -0.39 is 0 Å². The summed E-state index contributed by atoms with van der Waals surface area (Å²) in [5.74, 6) is -0.0286. The first-order chi connectivity index (χ1) is 16.7. The van der Waals surface area contributed by atoms with Gasteiger partial charge >= 0.3 is 0 Å². The number of nitrogens with zero attached hydrogens (tertiary/aromatic N) is 5. The summed E-state index contributed by atoms with van der Waals surface area (Å²) in [6, 6.07) is 15.4. The van der Waals surface area contributed by atoms with Gasteiger partial charge in [-0.05, 0) is 48.5 Å². The predicted octanol–water partition coefficient (Wildman–Crippen LogP) is 2.79. The highest BCUT2D eigenvalue weighted by molar-refractivity contribution is 5.76. The molecule has 34 heavy (non-hydrogen) atoms. The highest BCUT2D eigenvalue weighted by atomic mass is 19.1. The van der Waals surface area contributed by atoms with Crippen LogP contribution in [0.2, 0.25) is 0 Å². The fraction of sp³-hybridized carbons (Fsp3) is 0.280. The maximum absolute atomic E-state index is 13.4. The van der Waals surface area contributed by atoms with E-state index in [-0.39, 0.29) is 23.7 Å². The van der Waals surface area contributed by atoms with Crippen LogP contribution in [0.1, 0.15) is 5.69 Å². The molecule has 0 atom stereocenters. The van der Waals surface area contributed by atoms with E-state index in [0.717, 1.165) is 44.1 Å². The third-order valence-corrected chi connectivity index (χ3v) is 5.80. The molecule has 0 bridgehead atoms. The monoisotopic (exact) mass is 460 g/mol. The topological polar surface area (TPSA) is 85.2 Å². The van der Waals surface area contributed by atoms with Crippen LogP contribution in [0.3, 0.4) is 0 Å². The summed E-state index contributed by atoms with van der Waals surface area (Å²) in [5, 5.41) is 3.21. The highest BCUT2D eigenvalue weighted by Gasteiger charge is 2.15. The zero-order chi connectivity index (χ0) is 23.3. The zero-order valence-corrected chi connectivity index (χ0v) is 18.7. The summed E-state index contributed by atoms with van der Waals surface area (Å²) in [6.07, 6.45) is 1.70. The number of ether oxygens (including phenoxy) is 1. The molecular weight excluding hydrogens is 435 g/mol. The number of hydrogen-bond donors (Lipinski definition) is 1. The fourth-order valence-electron chi connectivity index (χ4n) is 3.97.